The third-order valence-electron chi connectivity index (χ3n) is 2.75. The van der Waals surface area contributed by atoms with Crippen LogP contribution in [0.15, 0.2) is 36.7 Å². The lowest BCUT2D eigenvalue weighted by Gasteiger charge is -2.16. The first kappa shape index (κ1) is 11.8. The number of nitrogens with zero attached hydrogens (tertiary/aromatic N) is 2. The van der Waals surface area contributed by atoms with Gasteiger partial charge in [0.2, 0.25) is 0 Å². The fourth-order valence-corrected chi connectivity index (χ4v) is 1.82. The van der Waals surface area contributed by atoms with E-state index in [9.17, 15) is 4.39 Å². The van der Waals surface area contributed by atoms with E-state index in [2.05, 4.69) is 10.4 Å². The summed E-state index contributed by atoms with van der Waals surface area (Å²) < 4.78 is 15.4. The molecule has 0 fully saturated rings. The molecule has 5 heteroatoms. The Kier molecular flexibility index (Phi) is 3.51. The molecule has 1 unspecified atom stereocenters. The van der Waals surface area contributed by atoms with Crippen LogP contribution in [0.2, 0.25) is 0 Å². The van der Waals surface area contributed by atoms with E-state index in [0.717, 1.165) is 5.82 Å². The number of nitrogens with two attached hydrogens (primary N) is 1. The van der Waals surface area contributed by atoms with E-state index >= 15 is 0 Å². The van der Waals surface area contributed by atoms with E-state index in [-0.39, 0.29) is 11.9 Å². The van der Waals surface area contributed by atoms with Crippen molar-refractivity contribution in [2.75, 3.05) is 0 Å². The molecule has 17 heavy (non-hydrogen) atoms. The summed E-state index contributed by atoms with van der Waals surface area (Å²) in [5.74, 6) is 6.07. The van der Waals surface area contributed by atoms with Gasteiger partial charge in [0.15, 0.2) is 0 Å². The van der Waals surface area contributed by atoms with Crippen molar-refractivity contribution in [2.24, 2.45) is 12.9 Å². The fraction of sp³-hybridized carbons (Fsp3) is 0.250. The highest BCUT2D eigenvalue weighted by Gasteiger charge is 2.16. The number of aryl methyl sites for hydroxylation is 1. The van der Waals surface area contributed by atoms with Crippen molar-refractivity contribution in [1.82, 2.24) is 15.0 Å². The van der Waals surface area contributed by atoms with Crippen LogP contribution in [-0.4, -0.2) is 9.55 Å². The number of hydrogen-bond donors (Lipinski definition) is 2. The number of hydrazine groups is 1. The number of nitrogens with one attached hydrogen (secondary N) is 1. The molecular formula is C12H15FN4. The molecule has 1 aromatic carbocycles. The van der Waals surface area contributed by atoms with E-state index in [0.29, 0.717) is 12.0 Å². The molecule has 2 aromatic rings. The third kappa shape index (κ3) is 2.51. The Morgan fingerprint density at radius 3 is 2.82 bits per heavy atom. The molecule has 0 radical (unpaired) electrons. The minimum atomic E-state index is -0.220. The van der Waals surface area contributed by atoms with Gasteiger partial charge in [-0.05, 0) is 18.1 Å². The quantitative estimate of drug-likeness (QED) is 0.619. The molecule has 0 aliphatic rings. The largest absolute Gasteiger partial charge is 0.337 e. The SMILES string of the molecule is Cn1ccnc1C(Cc1ccccc1F)NN. The molecule has 1 heterocycles. The molecule has 0 amide bonds. The first-order chi connectivity index (χ1) is 8.22. The smallest absolute Gasteiger partial charge is 0.127 e. The van der Waals surface area contributed by atoms with E-state index in [4.69, 9.17) is 5.84 Å². The molecular weight excluding hydrogens is 219 g/mol. The van der Waals surface area contributed by atoms with E-state index in [1.165, 1.54) is 6.07 Å². The highest BCUT2D eigenvalue weighted by molar-refractivity contribution is 5.19. The standard InChI is InChI=1S/C12H15FN4/c1-17-7-6-15-12(17)11(16-14)8-9-4-2-3-5-10(9)13/h2-7,11,16H,8,14H2,1H3. The van der Waals surface area contributed by atoms with Crippen molar-refractivity contribution in [2.45, 2.75) is 12.5 Å². The first-order valence-corrected chi connectivity index (χ1v) is 5.39. The molecule has 90 valence electrons. The van der Waals surface area contributed by atoms with Crippen molar-refractivity contribution in [3.63, 3.8) is 0 Å². The molecule has 3 N–H and O–H groups in total. The van der Waals surface area contributed by atoms with Crippen LogP contribution in [0, 0.1) is 5.82 Å². The van der Waals surface area contributed by atoms with Gasteiger partial charge in [0.1, 0.15) is 11.6 Å². The first-order valence-electron chi connectivity index (χ1n) is 5.39. The zero-order chi connectivity index (χ0) is 12.3. The maximum Gasteiger partial charge on any atom is 0.127 e. The zero-order valence-corrected chi connectivity index (χ0v) is 9.60. The lowest BCUT2D eigenvalue weighted by atomic mass is 10.1. The summed E-state index contributed by atoms with van der Waals surface area (Å²) in [7, 11) is 1.88. The Bertz CT molecular complexity index is 495. The number of benzene rings is 1. The van der Waals surface area contributed by atoms with Gasteiger partial charge in [0.25, 0.3) is 0 Å². The zero-order valence-electron chi connectivity index (χ0n) is 9.60. The Balaban J connectivity index is 2.22. The third-order valence-corrected chi connectivity index (χ3v) is 2.75. The van der Waals surface area contributed by atoms with Crippen LogP contribution in [0.5, 0.6) is 0 Å². The molecule has 0 saturated carbocycles. The van der Waals surface area contributed by atoms with Crippen LogP contribution in [-0.2, 0) is 13.5 Å². The highest BCUT2D eigenvalue weighted by atomic mass is 19.1. The van der Waals surface area contributed by atoms with Crippen molar-refractivity contribution in [1.29, 1.82) is 0 Å². The van der Waals surface area contributed by atoms with Crippen LogP contribution in [0.4, 0.5) is 4.39 Å². The van der Waals surface area contributed by atoms with Gasteiger partial charge in [-0.2, -0.15) is 0 Å². The summed E-state index contributed by atoms with van der Waals surface area (Å²) in [6, 6.07) is 6.48. The molecule has 0 aliphatic carbocycles. The number of imidazole rings is 1. The summed E-state index contributed by atoms with van der Waals surface area (Å²) in [6.45, 7) is 0. The molecule has 0 aliphatic heterocycles. The average molecular weight is 234 g/mol. The maximum atomic E-state index is 13.5. The summed E-state index contributed by atoms with van der Waals surface area (Å²) in [6.07, 6.45) is 4.00. The van der Waals surface area contributed by atoms with Gasteiger partial charge in [-0.1, -0.05) is 18.2 Å². The summed E-state index contributed by atoms with van der Waals surface area (Å²) in [5, 5.41) is 0. The lowest BCUT2D eigenvalue weighted by molar-refractivity contribution is 0.494. The predicted octanol–water partition coefficient (Wildman–Crippen LogP) is 1.31. The molecule has 1 aromatic heterocycles. The molecule has 4 nitrogen and oxygen atoms in total. The van der Waals surface area contributed by atoms with Crippen LogP contribution in [0.3, 0.4) is 0 Å². The molecule has 2 rings (SSSR count). The van der Waals surface area contributed by atoms with Crippen molar-refractivity contribution < 1.29 is 4.39 Å². The summed E-state index contributed by atoms with van der Waals surface area (Å²) >= 11 is 0. The Morgan fingerprint density at radius 1 is 1.47 bits per heavy atom. The minimum Gasteiger partial charge on any atom is -0.337 e. The van der Waals surface area contributed by atoms with Gasteiger partial charge in [-0.3, -0.25) is 5.84 Å². The molecule has 1 atom stereocenters. The van der Waals surface area contributed by atoms with Gasteiger partial charge in [-0.25, -0.2) is 14.8 Å². The number of hydrogen-bond acceptors (Lipinski definition) is 3. The second-order valence-electron chi connectivity index (χ2n) is 3.91. The number of aromatic nitrogens is 2. The second kappa shape index (κ2) is 5.07. The van der Waals surface area contributed by atoms with E-state index in [1.54, 1.807) is 18.3 Å². The maximum absolute atomic E-state index is 13.5. The highest BCUT2D eigenvalue weighted by Crippen LogP contribution is 2.17. The van der Waals surface area contributed by atoms with Gasteiger partial charge in [0, 0.05) is 19.4 Å². The topological polar surface area (TPSA) is 55.9 Å². The van der Waals surface area contributed by atoms with E-state index in [1.807, 2.05) is 23.9 Å². The van der Waals surface area contributed by atoms with Crippen LogP contribution >= 0.6 is 0 Å². The van der Waals surface area contributed by atoms with Gasteiger partial charge < -0.3 is 4.57 Å². The lowest BCUT2D eigenvalue weighted by Crippen LogP contribution is -2.31. The van der Waals surface area contributed by atoms with E-state index < -0.39 is 0 Å². The van der Waals surface area contributed by atoms with Gasteiger partial charge in [-0.15, -0.1) is 0 Å². The Hall–Kier alpha value is -1.72. The number of rotatable bonds is 4. The van der Waals surface area contributed by atoms with Crippen LogP contribution < -0.4 is 11.3 Å². The predicted molar refractivity (Wildman–Crippen MR) is 63.4 cm³/mol. The summed E-state index contributed by atoms with van der Waals surface area (Å²) in [5.41, 5.74) is 3.29. The van der Waals surface area contributed by atoms with Crippen molar-refractivity contribution in [3.8, 4) is 0 Å². The fourth-order valence-electron chi connectivity index (χ4n) is 1.82. The van der Waals surface area contributed by atoms with Crippen molar-refractivity contribution in [3.05, 3.63) is 53.9 Å². The second-order valence-corrected chi connectivity index (χ2v) is 3.91. The van der Waals surface area contributed by atoms with Crippen LogP contribution in [0.25, 0.3) is 0 Å². The van der Waals surface area contributed by atoms with Crippen LogP contribution in [0.1, 0.15) is 17.4 Å². The average Bonchev–Trinajstić information content (AvgIpc) is 2.75. The van der Waals surface area contributed by atoms with Gasteiger partial charge >= 0.3 is 0 Å². The summed E-state index contributed by atoms with van der Waals surface area (Å²) in [4.78, 5) is 4.21. The molecule has 0 saturated heterocycles. The minimum absolute atomic E-state index is 0.202. The Labute approximate surface area is 99.2 Å². The molecule has 0 spiro atoms. The molecule has 0 bridgehead atoms. The monoisotopic (exact) mass is 234 g/mol. The Morgan fingerprint density at radius 2 is 2.24 bits per heavy atom. The normalized spacial score (nSPS) is 12.6. The number of halogens is 1. The van der Waals surface area contributed by atoms with Gasteiger partial charge in [0.05, 0.1) is 6.04 Å². The van der Waals surface area contributed by atoms with Crippen molar-refractivity contribution >= 4 is 0 Å².